The first-order valence-electron chi connectivity index (χ1n) is 5.71. The Morgan fingerprint density at radius 3 is 2.94 bits per heavy atom. The number of methoxy groups -OCH3 is 1. The maximum Gasteiger partial charge on any atom is 0.149 e. The number of pyridine rings is 1. The van der Waals surface area contributed by atoms with Gasteiger partial charge in [0, 0.05) is 18.8 Å². The quantitative estimate of drug-likeness (QED) is 0.819. The molecule has 2 rings (SSSR count). The number of aryl methyl sites for hydroxylation is 1. The number of nitrogen functional groups attached to an aromatic ring is 1. The van der Waals surface area contributed by atoms with Crippen LogP contribution < -0.4 is 11.1 Å². The van der Waals surface area contributed by atoms with Crippen molar-refractivity contribution >= 4 is 11.5 Å². The van der Waals surface area contributed by atoms with Gasteiger partial charge in [0.05, 0.1) is 11.8 Å². The highest BCUT2D eigenvalue weighted by Gasteiger charge is 2.24. The van der Waals surface area contributed by atoms with Gasteiger partial charge in [-0.1, -0.05) is 0 Å². The molecule has 1 saturated carbocycles. The molecule has 2 atom stereocenters. The molecule has 0 bridgehead atoms. The molecule has 1 aromatic heterocycles. The third-order valence-electron chi connectivity index (χ3n) is 3.12. The van der Waals surface area contributed by atoms with Crippen LogP contribution in [0, 0.1) is 6.92 Å². The molecule has 1 aliphatic rings. The van der Waals surface area contributed by atoms with E-state index >= 15 is 0 Å². The van der Waals surface area contributed by atoms with Gasteiger partial charge in [-0.25, -0.2) is 4.98 Å². The van der Waals surface area contributed by atoms with Crippen LogP contribution >= 0.6 is 0 Å². The van der Waals surface area contributed by atoms with Gasteiger partial charge in [-0.3, -0.25) is 0 Å². The van der Waals surface area contributed by atoms with Gasteiger partial charge >= 0.3 is 0 Å². The molecule has 2 unspecified atom stereocenters. The Kier molecular flexibility index (Phi) is 3.29. The molecule has 0 saturated heterocycles. The van der Waals surface area contributed by atoms with Crippen molar-refractivity contribution in [1.82, 2.24) is 4.98 Å². The largest absolute Gasteiger partial charge is 0.396 e. The average Bonchev–Trinajstić information content (AvgIpc) is 2.71. The second-order valence-electron chi connectivity index (χ2n) is 4.40. The highest BCUT2D eigenvalue weighted by Crippen LogP contribution is 2.26. The number of hydrogen-bond donors (Lipinski definition) is 2. The van der Waals surface area contributed by atoms with E-state index in [4.69, 9.17) is 10.5 Å². The highest BCUT2D eigenvalue weighted by atomic mass is 16.5. The van der Waals surface area contributed by atoms with E-state index in [1.165, 1.54) is 0 Å². The number of rotatable bonds is 3. The van der Waals surface area contributed by atoms with Crippen LogP contribution in [-0.4, -0.2) is 24.2 Å². The second-order valence-corrected chi connectivity index (χ2v) is 4.40. The van der Waals surface area contributed by atoms with Gasteiger partial charge in [0.1, 0.15) is 5.82 Å². The molecule has 0 aliphatic heterocycles. The molecule has 3 N–H and O–H groups in total. The molecule has 88 valence electrons. The van der Waals surface area contributed by atoms with E-state index in [1.807, 2.05) is 19.1 Å². The van der Waals surface area contributed by atoms with Crippen molar-refractivity contribution in [1.29, 1.82) is 0 Å². The van der Waals surface area contributed by atoms with Gasteiger partial charge in [0.25, 0.3) is 0 Å². The molecular weight excluding hydrogens is 202 g/mol. The summed E-state index contributed by atoms with van der Waals surface area (Å²) in [5, 5.41) is 3.40. The minimum atomic E-state index is 0.378. The van der Waals surface area contributed by atoms with Gasteiger partial charge < -0.3 is 15.8 Å². The summed E-state index contributed by atoms with van der Waals surface area (Å²) < 4.78 is 5.34. The Morgan fingerprint density at radius 1 is 1.44 bits per heavy atom. The van der Waals surface area contributed by atoms with Crippen molar-refractivity contribution in [3.8, 4) is 0 Å². The SMILES string of the molecule is COC1CCC(Nc2nc(C)ccc2N)C1. The lowest BCUT2D eigenvalue weighted by Crippen LogP contribution is -2.19. The first kappa shape index (κ1) is 11.2. The van der Waals surface area contributed by atoms with Crippen molar-refractivity contribution < 1.29 is 4.74 Å². The molecule has 0 amide bonds. The molecule has 1 fully saturated rings. The van der Waals surface area contributed by atoms with E-state index in [2.05, 4.69) is 10.3 Å². The molecule has 16 heavy (non-hydrogen) atoms. The van der Waals surface area contributed by atoms with E-state index < -0.39 is 0 Å². The summed E-state index contributed by atoms with van der Waals surface area (Å²) in [7, 11) is 1.77. The maximum absolute atomic E-state index is 5.88. The molecule has 4 nitrogen and oxygen atoms in total. The molecule has 0 aromatic carbocycles. The zero-order chi connectivity index (χ0) is 11.5. The van der Waals surface area contributed by atoms with Crippen LogP contribution in [0.3, 0.4) is 0 Å². The summed E-state index contributed by atoms with van der Waals surface area (Å²) in [6.45, 7) is 1.97. The molecule has 4 heteroatoms. The summed E-state index contributed by atoms with van der Waals surface area (Å²) in [5.74, 6) is 0.807. The second kappa shape index (κ2) is 4.70. The minimum Gasteiger partial charge on any atom is -0.396 e. The monoisotopic (exact) mass is 221 g/mol. The summed E-state index contributed by atoms with van der Waals surface area (Å²) >= 11 is 0. The molecular formula is C12H19N3O. The molecule has 1 aliphatic carbocycles. The van der Waals surface area contributed by atoms with Crippen molar-refractivity contribution in [3.63, 3.8) is 0 Å². The fraction of sp³-hybridized carbons (Fsp3) is 0.583. The summed E-state index contributed by atoms with van der Waals surface area (Å²) in [5.41, 5.74) is 7.58. The number of ether oxygens (including phenoxy) is 1. The molecule has 1 heterocycles. The van der Waals surface area contributed by atoms with Crippen LogP contribution in [0.5, 0.6) is 0 Å². The maximum atomic E-state index is 5.88. The van der Waals surface area contributed by atoms with Crippen LogP contribution in [0.25, 0.3) is 0 Å². The molecule has 0 spiro atoms. The van der Waals surface area contributed by atoms with E-state index in [1.54, 1.807) is 7.11 Å². The lowest BCUT2D eigenvalue weighted by molar-refractivity contribution is 0.108. The third-order valence-corrected chi connectivity index (χ3v) is 3.12. The van der Waals surface area contributed by atoms with Crippen LogP contribution in [0.4, 0.5) is 11.5 Å². The zero-order valence-electron chi connectivity index (χ0n) is 9.86. The lowest BCUT2D eigenvalue weighted by Gasteiger charge is -2.15. The smallest absolute Gasteiger partial charge is 0.149 e. The first-order valence-corrected chi connectivity index (χ1v) is 5.71. The van der Waals surface area contributed by atoms with Crippen molar-refractivity contribution in [2.24, 2.45) is 0 Å². The minimum absolute atomic E-state index is 0.378. The Labute approximate surface area is 96.2 Å². The molecule has 1 aromatic rings. The number of anilines is 2. The number of nitrogens with zero attached hydrogens (tertiary/aromatic N) is 1. The Balaban J connectivity index is 2.01. The Morgan fingerprint density at radius 2 is 2.25 bits per heavy atom. The highest BCUT2D eigenvalue weighted by molar-refractivity contribution is 5.61. The number of aromatic nitrogens is 1. The van der Waals surface area contributed by atoms with Crippen LogP contribution in [0.1, 0.15) is 25.0 Å². The Hall–Kier alpha value is -1.29. The lowest BCUT2D eigenvalue weighted by atomic mass is 10.2. The van der Waals surface area contributed by atoms with E-state index in [9.17, 15) is 0 Å². The first-order chi connectivity index (χ1) is 7.69. The fourth-order valence-corrected chi connectivity index (χ4v) is 2.16. The fourth-order valence-electron chi connectivity index (χ4n) is 2.16. The van der Waals surface area contributed by atoms with Gasteiger partial charge in [-0.2, -0.15) is 0 Å². The van der Waals surface area contributed by atoms with E-state index in [0.29, 0.717) is 17.8 Å². The average molecular weight is 221 g/mol. The number of nitrogens with two attached hydrogens (primary N) is 1. The van der Waals surface area contributed by atoms with E-state index in [-0.39, 0.29) is 0 Å². The van der Waals surface area contributed by atoms with Gasteiger partial charge in [-0.05, 0) is 38.3 Å². The topological polar surface area (TPSA) is 60.2 Å². The molecule has 0 radical (unpaired) electrons. The van der Waals surface area contributed by atoms with Crippen molar-refractivity contribution in [3.05, 3.63) is 17.8 Å². The van der Waals surface area contributed by atoms with Crippen LogP contribution in [-0.2, 0) is 4.74 Å². The standard InChI is InChI=1S/C12H19N3O/c1-8-3-6-11(13)12(14-8)15-9-4-5-10(7-9)16-2/h3,6,9-10H,4-5,7,13H2,1-2H3,(H,14,15). The van der Waals surface area contributed by atoms with E-state index in [0.717, 1.165) is 30.8 Å². The third kappa shape index (κ3) is 2.44. The van der Waals surface area contributed by atoms with Crippen molar-refractivity contribution in [2.45, 2.75) is 38.3 Å². The predicted molar refractivity (Wildman–Crippen MR) is 65.4 cm³/mol. The van der Waals surface area contributed by atoms with Gasteiger partial charge in [-0.15, -0.1) is 0 Å². The van der Waals surface area contributed by atoms with Gasteiger partial charge in [0.15, 0.2) is 0 Å². The van der Waals surface area contributed by atoms with Crippen LogP contribution in [0.2, 0.25) is 0 Å². The summed E-state index contributed by atoms with van der Waals surface area (Å²) in [6, 6.07) is 4.25. The van der Waals surface area contributed by atoms with Crippen LogP contribution in [0.15, 0.2) is 12.1 Å². The predicted octanol–water partition coefficient (Wildman–Crippen LogP) is 1.95. The summed E-state index contributed by atoms with van der Waals surface area (Å²) in [6.07, 6.45) is 3.64. The normalized spacial score (nSPS) is 24.6. The van der Waals surface area contributed by atoms with Gasteiger partial charge in [0.2, 0.25) is 0 Å². The summed E-state index contributed by atoms with van der Waals surface area (Å²) in [4.78, 5) is 4.41. The number of nitrogens with one attached hydrogen (secondary N) is 1. The zero-order valence-corrected chi connectivity index (χ0v) is 9.86. The number of hydrogen-bond acceptors (Lipinski definition) is 4. The Bertz CT molecular complexity index is 367. The van der Waals surface area contributed by atoms with Crippen molar-refractivity contribution in [2.75, 3.05) is 18.2 Å².